The van der Waals surface area contributed by atoms with Gasteiger partial charge in [-0.25, -0.2) is 0 Å². The van der Waals surface area contributed by atoms with E-state index in [9.17, 15) is 4.79 Å². The van der Waals surface area contributed by atoms with Gasteiger partial charge in [0.15, 0.2) is 0 Å². The van der Waals surface area contributed by atoms with Crippen molar-refractivity contribution in [2.45, 2.75) is 70.9 Å². The Kier molecular flexibility index (Phi) is 5.84. The number of hydrogen-bond acceptors (Lipinski definition) is 3. The van der Waals surface area contributed by atoms with Crippen LogP contribution in [0, 0.1) is 5.92 Å². The van der Waals surface area contributed by atoms with E-state index in [-0.39, 0.29) is 5.92 Å². The molecule has 1 amide bonds. The Balaban J connectivity index is 1.46. The highest BCUT2D eigenvalue weighted by molar-refractivity contribution is 5.97. The van der Waals surface area contributed by atoms with Gasteiger partial charge in [-0.1, -0.05) is 31.4 Å². The smallest absolute Gasteiger partial charge is 0.230 e. The van der Waals surface area contributed by atoms with Crippen molar-refractivity contribution in [2.75, 3.05) is 31.1 Å². The Morgan fingerprint density at radius 3 is 2.67 bits per heavy atom. The lowest BCUT2D eigenvalue weighted by Gasteiger charge is -2.33. The zero-order valence-corrected chi connectivity index (χ0v) is 17.0. The molecule has 0 radical (unpaired) electrons. The van der Waals surface area contributed by atoms with Crippen LogP contribution in [0.3, 0.4) is 0 Å². The number of nitrogens with one attached hydrogen (secondary N) is 1. The number of nitrogens with zero attached hydrogens (tertiary/aromatic N) is 2. The van der Waals surface area contributed by atoms with E-state index in [2.05, 4.69) is 47.2 Å². The predicted molar refractivity (Wildman–Crippen MR) is 111 cm³/mol. The summed E-state index contributed by atoms with van der Waals surface area (Å²) in [6.07, 6.45) is 7.99. The Morgan fingerprint density at radius 2 is 1.93 bits per heavy atom. The first kappa shape index (κ1) is 18.9. The van der Waals surface area contributed by atoms with Crippen LogP contribution in [0.4, 0.5) is 5.69 Å². The molecule has 1 saturated heterocycles. The average molecular weight is 370 g/mol. The molecule has 0 aromatic heterocycles. The van der Waals surface area contributed by atoms with Gasteiger partial charge in [-0.05, 0) is 56.7 Å². The van der Waals surface area contributed by atoms with Crippen LogP contribution in [-0.4, -0.2) is 49.1 Å². The Hall–Kier alpha value is -1.39. The van der Waals surface area contributed by atoms with Crippen LogP contribution in [0.25, 0.3) is 0 Å². The molecule has 3 aliphatic rings. The van der Waals surface area contributed by atoms with Gasteiger partial charge in [-0.3, -0.25) is 9.69 Å². The minimum atomic E-state index is 0.250. The van der Waals surface area contributed by atoms with Crippen LogP contribution < -0.4 is 10.2 Å². The monoisotopic (exact) mass is 369 g/mol. The molecule has 1 aromatic carbocycles. The third kappa shape index (κ3) is 4.07. The molecule has 0 spiro atoms. The van der Waals surface area contributed by atoms with Crippen LogP contribution in [0.5, 0.6) is 0 Å². The number of carbonyl (C=O) groups excluding carboxylic acids is 1. The first-order valence-corrected chi connectivity index (χ1v) is 11.0. The van der Waals surface area contributed by atoms with Gasteiger partial charge in [0, 0.05) is 49.9 Å². The summed E-state index contributed by atoms with van der Waals surface area (Å²) in [4.78, 5) is 17.9. The van der Waals surface area contributed by atoms with E-state index in [4.69, 9.17) is 0 Å². The number of fused-ring (bicyclic) bond motifs is 1. The maximum atomic E-state index is 13.2. The zero-order valence-electron chi connectivity index (χ0n) is 17.0. The standard InChI is InChI=1S/C23H35N3O/c1-17(25-12-10-24-11-13-25)14-19-8-9-22-21(16-19)15-18(2)26(22)23(27)20-6-4-3-5-7-20/h8-9,16-18,20,24H,3-7,10-15H2,1-2H3. The molecular weight excluding hydrogens is 334 g/mol. The third-order valence-corrected chi connectivity index (χ3v) is 6.86. The molecular formula is C23H35N3O. The van der Waals surface area contributed by atoms with E-state index in [1.807, 2.05) is 0 Å². The number of hydrogen-bond donors (Lipinski definition) is 1. The van der Waals surface area contributed by atoms with Crippen molar-refractivity contribution in [3.63, 3.8) is 0 Å². The summed E-state index contributed by atoms with van der Waals surface area (Å²) in [6, 6.07) is 7.73. The van der Waals surface area contributed by atoms with Gasteiger partial charge in [-0.2, -0.15) is 0 Å². The summed E-state index contributed by atoms with van der Waals surface area (Å²) in [6.45, 7) is 9.05. The fraction of sp³-hybridized carbons (Fsp3) is 0.696. The quantitative estimate of drug-likeness (QED) is 0.884. The van der Waals surface area contributed by atoms with Crippen LogP contribution >= 0.6 is 0 Å². The molecule has 1 N–H and O–H groups in total. The van der Waals surface area contributed by atoms with Crippen molar-refractivity contribution >= 4 is 11.6 Å². The van der Waals surface area contributed by atoms with Crippen molar-refractivity contribution < 1.29 is 4.79 Å². The summed E-state index contributed by atoms with van der Waals surface area (Å²) in [5.74, 6) is 0.627. The van der Waals surface area contributed by atoms with Crippen molar-refractivity contribution in [3.05, 3.63) is 29.3 Å². The topological polar surface area (TPSA) is 35.6 Å². The molecule has 4 nitrogen and oxygen atoms in total. The second-order valence-electron chi connectivity index (χ2n) is 8.90. The van der Waals surface area contributed by atoms with Crippen LogP contribution in [0.15, 0.2) is 18.2 Å². The van der Waals surface area contributed by atoms with Crippen molar-refractivity contribution in [3.8, 4) is 0 Å². The Labute approximate surface area is 164 Å². The number of amides is 1. The van der Waals surface area contributed by atoms with E-state index in [1.165, 1.54) is 36.1 Å². The number of anilines is 1. The molecule has 4 heteroatoms. The maximum absolute atomic E-state index is 13.2. The molecule has 4 rings (SSSR count). The van der Waals surface area contributed by atoms with Crippen molar-refractivity contribution in [1.29, 1.82) is 0 Å². The molecule has 27 heavy (non-hydrogen) atoms. The molecule has 1 aliphatic carbocycles. The number of rotatable bonds is 4. The van der Waals surface area contributed by atoms with Gasteiger partial charge in [0.2, 0.25) is 5.91 Å². The lowest BCUT2D eigenvalue weighted by atomic mass is 9.88. The molecule has 2 fully saturated rings. The minimum Gasteiger partial charge on any atom is -0.314 e. The van der Waals surface area contributed by atoms with E-state index in [1.54, 1.807) is 0 Å². The summed E-state index contributed by atoms with van der Waals surface area (Å²) in [5, 5.41) is 3.44. The second kappa shape index (κ2) is 8.32. The van der Waals surface area contributed by atoms with Gasteiger partial charge in [0.1, 0.15) is 0 Å². The molecule has 1 saturated carbocycles. The van der Waals surface area contributed by atoms with Gasteiger partial charge in [-0.15, -0.1) is 0 Å². The number of benzene rings is 1. The van der Waals surface area contributed by atoms with E-state index in [0.29, 0.717) is 18.0 Å². The lowest BCUT2D eigenvalue weighted by molar-refractivity contribution is -0.123. The van der Waals surface area contributed by atoms with Gasteiger partial charge in [0.25, 0.3) is 0 Å². The predicted octanol–water partition coefficient (Wildman–Crippen LogP) is 3.38. The van der Waals surface area contributed by atoms with Crippen molar-refractivity contribution in [1.82, 2.24) is 10.2 Å². The van der Waals surface area contributed by atoms with Gasteiger partial charge in [0.05, 0.1) is 0 Å². The third-order valence-electron chi connectivity index (χ3n) is 6.86. The Bertz CT molecular complexity index is 662. The number of carbonyl (C=O) groups is 1. The van der Waals surface area contributed by atoms with E-state index >= 15 is 0 Å². The lowest BCUT2D eigenvalue weighted by Crippen LogP contribution is -2.48. The zero-order chi connectivity index (χ0) is 18.8. The maximum Gasteiger partial charge on any atom is 0.230 e. The van der Waals surface area contributed by atoms with Gasteiger partial charge >= 0.3 is 0 Å². The van der Waals surface area contributed by atoms with Crippen LogP contribution in [0.2, 0.25) is 0 Å². The first-order chi connectivity index (χ1) is 13.1. The summed E-state index contributed by atoms with van der Waals surface area (Å²) in [7, 11) is 0. The second-order valence-corrected chi connectivity index (χ2v) is 8.90. The largest absolute Gasteiger partial charge is 0.314 e. The molecule has 2 unspecified atom stereocenters. The molecule has 0 bridgehead atoms. The summed E-state index contributed by atoms with van der Waals surface area (Å²) < 4.78 is 0. The molecule has 2 atom stereocenters. The van der Waals surface area contributed by atoms with Crippen LogP contribution in [0.1, 0.15) is 57.1 Å². The van der Waals surface area contributed by atoms with E-state index in [0.717, 1.165) is 51.9 Å². The van der Waals surface area contributed by atoms with Crippen molar-refractivity contribution in [2.24, 2.45) is 5.92 Å². The minimum absolute atomic E-state index is 0.250. The highest BCUT2D eigenvalue weighted by Gasteiger charge is 2.35. The normalized spacial score (nSPS) is 25.4. The molecule has 2 aliphatic heterocycles. The number of piperazine rings is 1. The molecule has 148 valence electrons. The fourth-order valence-electron chi connectivity index (χ4n) is 5.29. The average Bonchev–Trinajstić information content (AvgIpc) is 3.03. The summed E-state index contributed by atoms with van der Waals surface area (Å²) >= 11 is 0. The van der Waals surface area contributed by atoms with Gasteiger partial charge < -0.3 is 10.2 Å². The highest BCUT2D eigenvalue weighted by Crippen LogP contribution is 2.36. The van der Waals surface area contributed by atoms with Crippen LogP contribution in [-0.2, 0) is 17.6 Å². The molecule has 2 heterocycles. The van der Waals surface area contributed by atoms with E-state index < -0.39 is 0 Å². The fourth-order valence-corrected chi connectivity index (χ4v) is 5.29. The summed E-state index contributed by atoms with van der Waals surface area (Å²) in [5.41, 5.74) is 3.97. The highest BCUT2D eigenvalue weighted by atomic mass is 16.2. The SMILES string of the molecule is CC(Cc1ccc2c(c1)CC(C)N2C(=O)C1CCCCC1)N1CCNCC1. The molecule has 1 aromatic rings. The Morgan fingerprint density at radius 1 is 1.19 bits per heavy atom. The first-order valence-electron chi connectivity index (χ1n) is 11.0.